The van der Waals surface area contributed by atoms with Crippen LogP contribution in [0.5, 0.6) is 0 Å². The van der Waals surface area contributed by atoms with Gasteiger partial charge in [-0.15, -0.1) is 0 Å². The van der Waals surface area contributed by atoms with Crippen LogP contribution in [0.3, 0.4) is 0 Å². The van der Waals surface area contributed by atoms with Crippen LogP contribution in [-0.4, -0.2) is 17.8 Å². The lowest BCUT2D eigenvalue weighted by Crippen LogP contribution is -2.15. The molecule has 0 aromatic heterocycles. The molecule has 0 saturated heterocycles. The molecule has 0 aromatic rings. The van der Waals surface area contributed by atoms with Crippen LogP contribution in [0.4, 0.5) is 0 Å². The number of nitrogens with two attached hydrogens (primary N) is 1. The summed E-state index contributed by atoms with van der Waals surface area (Å²) in [4.78, 5) is 0. The van der Waals surface area contributed by atoms with Crippen LogP contribution in [0.2, 0.25) is 0 Å². The van der Waals surface area contributed by atoms with Crippen molar-refractivity contribution >= 4 is 0 Å². The molecule has 0 aliphatic rings. The highest BCUT2D eigenvalue weighted by molar-refractivity contribution is 4.56. The van der Waals surface area contributed by atoms with Gasteiger partial charge in [-0.05, 0) is 25.8 Å². The van der Waals surface area contributed by atoms with Gasteiger partial charge in [0.25, 0.3) is 0 Å². The van der Waals surface area contributed by atoms with Gasteiger partial charge in [0.05, 0.1) is 6.10 Å². The molecule has 0 heterocycles. The Hall–Kier alpha value is -0.0800. The average molecular weight is 117 g/mol. The molecule has 0 unspecified atom stereocenters. The summed E-state index contributed by atoms with van der Waals surface area (Å²) < 4.78 is 0. The topological polar surface area (TPSA) is 46.2 Å². The molecule has 0 saturated carbocycles. The van der Waals surface area contributed by atoms with Crippen molar-refractivity contribution in [1.29, 1.82) is 0 Å². The van der Waals surface area contributed by atoms with Gasteiger partial charge in [0, 0.05) is 0 Å². The number of hydrogen-bond donors (Lipinski definition) is 2. The fraction of sp³-hybridized carbons (Fsp3) is 1.00. The second-order valence-corrected chi connectivity index (χ2v) is 2.43. The zero-order valence-electron chi connectivity index (χ0n) is 5.59. The van der Waals surface area contributed by atoms with Crippen LogP contribution in [0.25, 0.3) is 0 Å². The summed E-state index contributed by atoms with van der Waals surface area (Å²) in [5.74, 6) is 0.454. The van der Waals surface area contributed by atoms with Crippen molar-refractivity contribution in [3.8, 4) is 0 Å². The summed E-state index contributed by atoms with van der Waals surface area (Å²) in [5, 5.41) is 8.80. The molecule has 0 spiro atoms. The third-order valence-electron chi connectivity index (χ3n) is 1.15. The number of aliphatic hydroxyl groups is 1. The van der Waals surface area contributed by atoms with Crippen molar-refractivity contribution in [3.63, 3.8) is 0 Å². The molecular weight excluding hydrogens is 102 g/mol. The molecule has 50 valence electrons. The highest BCUT2D eigenvalue weighted by Crippen LogP contribution is 2.01. The molecule has 2 nitrogen and oxygen atoms in total. The fourth-order valence-corrected chi connectivity index (χ4v) is 0.679. The Bertz CT molecular complexity index is 54.5. The number of hydrogen-bond acceptors (Lipinski definition) is 2. The highest BCUT2D eigenvalue weighted by Gasteiger charge is 2.01. The first-order chi connectivity index (χ1) is 3.66. The number of aliphatic hydroxyl groups excluding tert-OH is 1. The van der Waals surface area contributed by atoms with Crippen molar-refractivity contribution in [1.82, 2.24) is 0 Å². The standard InChI is InChI=1S/C6H15NO/c1-5(4-7)3-6(2)8/h5-6,8H,3-4,7H2,1-2H3/t5-,6-/m1/s1. The monoisotopic (exact) mass is 117 g/mol. The van der Waals surface area contributed by atoms with Crippen LogP contribution in [0, 0.1) is 5.92 Å². The van der Waals surface area contributed by atoms with Gasteiger partial charge in [0.2, 0.25) is 0 Å². The summed E-state index contributed by atoms with van der Waals surface area (Å²) in [5.41, 5.74) is 5.31. The maximum Gasteiger partial charge on any atom is 0.0515 e. The van der Waals surface area contributed by atoms with E-state index >= 15 is 0 Å². The van der Waals surface area contributed by atoms with E-state index in [-0.39, 0.29) is 6.10 Å². The molecule has 2 atom stereocenters. The predicted molar refractivity (Wildman–Crippen MR) is 34.5 cm³/mol. The molecule has 0 bridgehead atoms. The lowest BCUT2D eigenvalue weighted by molar-refractivity contribution is 0.165. The van der Waals surface area contributed by atoms with Crippen molar-refractivity contribution in [2.45, 2.75) is 26.4 Å². The first kappa shape index (κ1) is 7.92. The quantitative estimate of drug-likeness (QED) is 0.560. The van der Waals surface area contributed by atoms with Crippen molar-refractivity contribution in [2.24, 2.45) is 11.7 Å². The second kappa shape index (κ2) is 3.87. The van der Waals surface area contributed by atoms with E-state index in [4.69, 9.17) is 10.8 Å². The van der Waals surface area contributed by atoms with Crippen LogP contribution in [0.15, 0.2) is 0 Å². The van der Waals surface area contributed by atoms with E-state index in [1.54, 1.807) is 6.92 Å². The molecule has 0 amide bonds. The van der Waals surface area contributed by atoms with Gasteiger partial charge in [-0.3, -0.25) is 0 Å². The molecular formula is C6H15NO. The Morgan fingerprint density at radius 1 is 1.50 bits per heavy atom. The predicted octanol–water partition coefficient (Wildman–Crippen LogP) is 0.352. The Morgan fingerprint density at radius 3 is 2.12 bits per heavy atom. The highest BCUT2D eigenvalue weighted by atomic mass is 16.3. The van der Waals surface area contributed by atoms with Crippen LogP contribution < -0.4 is 5.73 Å². The summed E-state index contributed by atoms with van der Waals surface area (Å²) in [6, 6.07) is 0. The van der Waals surface area contributed by atoms with Crippen LogP contribution in [-0.2, 0) is 0 Å². The van der Waals surface area contributed by atoms with E-state index < -0.39 is 0 Å². The van der Waals surface area contributed by atoms with Crippen LogP contribution >= 0.6 is 0 Å². The minimum absolute atomic E-state index is 0.200. The molecule has 0 aliphatic heterocycles. The first-order valence-electron chi connectivity index (χ1n) is 3.05. The van der Waals surface area contributed by atoms with E-state index in [9.17, 15) is 0 Å². The van der Waals surface area contributed by atoms with Crippen LogP contribution in [0.1, 0.15) is 20.3 Å². The summed E-state index contributed by atoms with van der Waals surface area (Å²) >= 11 is 0. The van der Waals surface area contributed by atoms with E-state index in [1.807, 2.05) is 6.92 Å². The van der Waals surface area contributed by atoms with Gasteiger partial charge in [-0.25, -0.2) is 0 Å². The normalized spacial score (nSPS) is 18.0. The smallest absolute Gasteiger partial charge is 0.0515 e. The molecule has 0 rings (SSSR count). The lowest BCUT2D eigenvalue weighted by Gasteiger charge is -2.08. The molecule has 0 aliphatic carbocycles. The largest absolute Gasteiger partial charge is 0.393 e. The van der Waals surface area contributed by atoms with Gasteiger partial charge >= 0.3 is 0 Å². The van der Waals surface area contributed by atoms with Crippen molar-refractivity contribution in [3.05, 3.63) is 0 Å². The zero-order valence-corrected chi connectivity index (χ0v) is 5.59. The van der Waals surface area contributed by atoms with E-state index in [2.05, 4.69) is 0 Å². The third-order valence-corrected chi connectivity index (χ3v) is 1.15. The average Bonchev–Trinajstić information content (AvgIpc) is 1.65. The van der Waals surface area contributed by atoms with Crippen molar-refractivity contribution < 1.29 is 5.11 Å². The summed E-state index contributed by atoms with van der Waals surface area (Å²) in [7, 11) is 0. The van der Waals surface area contributed by atoms with E-state index in [1.165, 1.54) is 0 Å². The summed E-state index contributed by atoms with van der Waals surface area (Å²) in [6.07, 6.45) is 0.616. The van der Waals surface area contributed by atoms with E-state index in [0.717, 1.165) is 6.42 Å². The van der Waals surface area contributed by atoms with Gasteiger partial charge in [0.15, 0.2) is 0 Å². The first-order valence-corrected chi connectivity index (χ1v) is 3.05. The van der Waals surface area contributed by atoms with Gasteiger partial charge in [0.1, 0.15) is 0 Å². The Morgan fingerprint density at radius 2 is 2.00 bits per heavy atom. The van der Waals surface area contributed by atoms with E-state index in [0.29, 0.717) is 12.5 Å². The maximum absolute atomic E-state index is 8.80. The summed E-state index contributed by atoms with van der Waals surface area (Å²) in [6.45, 7) is 4.49. The van der Waals surface area contributed by atoms with Gasteiger partial charge in [-0.2, -0.15) is 0 Å². The third kappa shape index (κ3) is 4.09. The molecule has 0 radical (unpaired) electrons. The fourth-order valence-electron chi connectivity index (χ4n) is 0.679. The minimum Gasteiger partial charge on any atom is -0.393 e. The molecule has 2 heteroatoms. The number of rotatable bonds is 3. The maximum atomic E-state index is 8.80. The molecule has 0 fully saturated rings. The van der Waals surface area contributed by atoms with Gasteiger partial charge in [-0.1, -0.05) is 6.92 Å². The Labute approximate surface area is 50.7 Å². The molecule has 3 N–H and O–H groups in total. The SMILES string of the molecule is C[C@@H](CN)C[C@@H](C)O. The minimum atomic E-state index is -0.200. The molecule has 0 aromatic carbocycles. The Kier molecular flexibility index (Phi) is 3.83. The lowest BCUT2D eigenvalue weighted by atomic mass is 10.1. The second-order valence-electron chi connectivity index (χ2n) is 2.43. The molecule has 8 heavy (non-hydrogen) atoms. The van der Waals surface area contributed by atoms with Gasteiger partial charge < -0.3 is 10.8 Å². The zero-order chi connectivity index (χ0) is 6.57. The Balaban J connectivity index is 3.10. The van der Waals surface area contributed by atoms with Crippen molar-refractivity contribution in [2.75, 3.05) is 6.54 Å².